The normalized spacial score (nSPS) is 9.65. The topological polar surface area (TPSA) is 51.2 Å². The Bertz CT molecular complexity index is 715. The van der Waals surface area contributed by atoms with E-state index in [1.54, 1.807) is 6.20 Å². The molecule has 1 amide bonds. The lowest BCUT2D eigenvalue weighted by Gasteiger charge is -2.05. The van der Waals surface area contributed by atoms with Gasteiger partial charge in [0.2, 0.25) is 0 Å². The molecule has 1 N–H and O–H groups in total. The Labute approximate surface area is 136 Å². The Morgan fingerprint density at radius 3 is 2.78 bits per heavy atom. The molecule has 0 fully saturated rings. The van der Waals surface area contributed by atoms with Crippen LogP contribution < -0.4 is 5.32 Å². The Morgan fingerprint density at radius 1 is 1.26 bits per heavy atom. The molecule has 1 aromatic heterocycles. The second-order valence-electron chi connectivity index (χ2n) is 5.22. The van der Waals surface area contributed by atoms with Crippen LogP contribution in [0.25, 0.3) is 0 Å². The number of hydrogen-bond donors (Lipinski definition) is 1. The summed E-state index contributed by atoms with van der Waals surface area (Å²) in [5.41, 5.74) is 3.93. The number of nitrogens with one attached hydrogen (secondary N) is 1. The van der Waals surface area contributed by atoms with Gasteiger partial charge in [-0.05, 0) is 36.5 Å². The molecular formula is C19H20N2O2. The number of aryl methyl sites for hydroxylation is 2. The van der Waals surface area contributed by atoms with Crippen molar-refractivity contribution in [1.82, 2.24) is 10.3 Å². The van der Waals surface area contributed by atoms with Crippen molar-refractivity contribution in [3.8, 4) is 11.8 Å². The van der Waals surface area contributed by atoms with Crippen LogP contribution in [-0.2, 0) is 11.3 Å². The maximum Gasteiger partial charge on any atom is 0.407 e. The second kappa shape index (κ2) is 8.60. The highest BCUT2D eigenvalue weighted by Crippen LogP contribution is 2.05. The predicted molar refractivity (Wildman–Crippen MR) is 89.8 cm³/mol. The van der Waals surface area contributed by atoms with Crippen molar-refractivity contribution < 1.29 is 9.53 Å². The third-order valence-corrected chi connectivity index (χ3v) is 3.15. The van der Waals surface area contributed by atoms with Crippen LogP contribution in [0, 0.1) is 25.7 Å². The molecule has 0 aliphatic carbocycles. The number of rotatable bonds is 4. The number of amides is 1. The van der Waals surface area contributed by atoms with Crippen molar-refractivity contribution in [1.29, 1.82) is 0 Å². The highest BCUT2D eigenvalue weighted by atomic mass is 16.5. The zero-order valence-corrected chi connectivity index (χ0v) is 13.4. The zero-order valence-electron chi connectivity index (χ0n) is 13.4. The molecule has 1 heterocycles. The summed E-state index contributed by atoms with van der Waals surface area (Å²) < 4.78 is 5.11. The minimum atomic E-state index is -0.430. The summed E-state index contributed by atoms with van der Waals surface area (Å²) >= 11 is 0. The van der Waals surface area contributed by atoms with Gasteiger partial charge in [-0.15, -0.1) is 0 Å². The lowest BCUT2D eigenvalue weighted by atomic mass is 10.1. The number of carbonyl (C=O) groups excluding carboxylic acids is 1. The molecule has 23 heavy (non-hydrogen) atoms. The molecule has 2 aromatic rings. The molecule has 0 spiro atoms. The lowest BCUT2D eigenvalue weighted by molar-refractivity contribution is 0.140. The lowest BCUT2D eigenvalue weighted by Crippen LogP contribution is -2.24. The fourth-order valence-electron chi connectivity index (χ4n) is 1.99. The number of hydrogen-bond acceptors (Lipinski definition) is 3. The van der Waals surface area contributed by atoms with Crippen molar-refractivity contribution in [2.75, 3.05) is 6.54 Å². The molecule has 4 heteroatoms. The van der Waals surface area contributed by atoms with E-state index in [1.165, 1.54) is 0 Å². The summed E-state index contributed by atoms with van der Waals surface area (Å²) in [5, 5.41) is 2.68. The summed E-state index contributed by atoms with van der Waals surface area (Å²) in [6, 6.07) is 11.6. The van der Waals surface area contributed by atoms with Gasteiger partial charge in [0, 0.05) is 19.2 Å². The van der Waals surface area contributed by atoms with Crippen LogP contribution in [0.1, 0.15) is 28.8 Å². The van der Waals surface area contributed by atoms with Gasteiger partial charge < -0.3 is 10.1 Å². The van der Waals surface area contributed by atoms with Gasteiger partial charge in [0.15, 0.2) is 0 Å². The zero-order chi connectivity index (χ0) is 16.5. The Kier molecular flexibility index (Phi) is 6.19. The fraction of sp³-hybridized carbons (Fsp3) is 0.263. The van der Waals surface area contributed by atoms with Gasteiger partial charge in [0.05, 0.1) is 0 Å². The second-order valence-corrected chi connectivity index (χ2v) is 5.22. The van der Waals surface area contributed by atoms with Crippen molar-refractivity contribution in [2.24, 2.45) is 0 Å². The first kappa shape index (κ1) is 16.6. The smallest absolute Gasteiger partial charge is 0.407 e. The first-order valence-corrected chi connectivity index (χ1v) is 7.52. The minimum Gasteiger partial charge on any atom is -0.445 e. The number of ether oxygens (including phenoxy) is 1. The quantitative estimate of drug-likeness (QED) is 0.696. The Morgan fingerprint density at radius 2 is 2.04 bits per heavy atom. The fourth-order valence-corrected chi connectivity index (χ4v) is 1.99. The molecule has 4 nitrogen and oxygen atoms in total. The number of alkyl carbamates (subject to hydrolysis) is 1. The van der Waals surface area contributed by atoms with Gasteiger partial charge in [-0.2, -0.15) is 0 Å². The highest BCUT2D eigenvalue weighted by Gasteiger charge is 2.01. The molecule has 0 radical (unpaired) electrons. The third kappa shape index (κ3) is 5.84. The average molecular weight is 308 g/mol. The number of nitrogens with zero attached hydrogens (tertiary/aromatic N) is 1. The highest BCUT2D eigenvalue weighted by molar-refractivity contribution is 5.67. The first-order valence-electron chi connectivity index (χ1n) is 7.52. The van der Waals surface area contributed by atoms with Crippen LogP contribution in [0.15, 0.2) is 42.6 Å². The molecule has 1 aromatic carbocycles. The van der Waals surface area contributed by atoms with E-state index >= 15 is 0 Å². The largest absolute Gasteiger partial charge is 0.445 e. The van der Waals surface area contributed by atoms with Crippen LogP contribution in [0.4, 0.5) is 4.79 Å². The Balaban J connectivity index is 1.69. The summed E-state index contributed by atoms with van der Waals surface area (Å²) in [5.74, 6) is 6.03. The summed E-state index contributed by atoms with van der Waals surface area (Å²) in [6.45, 7) is 4.71. The molecule has 0 saturated carbocycles. The van der Waals surface area contributed by atoms with Crippen molar-refractivity contribution in [3.63, 3.8) is 0 Å². The van der Waals surface area contributed by atoms with Crippen molar-refractivity contribution in [3.05, 3.63) is 65.0 Å². The van der Waals surface area contributed by atoms with E-state index in [2.05, 4.69) is 28.2 Å². The van der Waals surface area contributed by atoms with E-state index in [1.807, 2.05) is 44.2 Å². The maximum absolute atomic E-state index is 11.5. The molecule has 2 rings (SSSR count). The standard InChI is InChI=1S/C19H20N2O2/c1-15-12-16(2)18(21-13-15)10-6-7-11-20-19(22)23-14-17-8-4-3-5-9-17/h3-5,8-9,12-13H,7,11,14H2,1-2H3,(H,20,22). The molecular weight excluding hydrogens is 288 g/mol. The van der Waals surface area contributed by atoms with E-state index in [9.17, 15) is 4.79 Å². The van der Waals surface area contributed by atoms with E-state index in [4.69, 9.17) is 4.74 Å². The minimum absolute atomic E-state index is 0.269. The summed E-state index contributed by atoms with van der Waals surface area (Å²) in [4.78, 5) is 15.8. The number of pyridine rings is 1. The maximum atomic E-state index is 11.5. The third-order valence-electron chi connectivity index (χ3n) is 3.15. The van der Waals surface area contributed by atoms with E-state index in [0.717, 1.165) is 22.4 Å². The molecule has 118 valence electrons. The van der Waals surface area contributed by atoms with Gasteiger partial charge >= 0.3 is 6.09 Å². The van der Waals surface area contributed by atoms with E-state index < -0.39 is 6.09 Å². The molecule has 0 aliphatic heterocycles. The Hall–Kier alpha value is -2.80. The van der Waals surface area contributed by atoms with Gasteiger partial charge in [-0.1, -0.05) is 42.3 Å². The number of aromatic nitrogens is 1. The average Bonchev–Trinajstić information content (AvgIpc) is 2.55. The SMILES string of the molecule is Cc1cnc(C#CCCNC(=O)OCc2ccccc2)c(C)c1. The van der Waals surface area contributed by atoms with Gasteiger partial charge in [0.25, 0.3) is 0 Å². The van der Waals surface area contributed by atoms with Crippen molar-refractivity contribution >= 4 is 6.09 Å². The monoisotopic (exact) mass is 308 g/mol. The number of benzene rings is 1. The summed E-state index contributed by atoms with van der Waals surface area (Å²) in [6.07, 6.45) is 1.92. The predicted octanol–water partition coefficient (Wildman–Crippen LogP) is 3.37. The molecule has 0 aliphatic rings. The van der Waals surface area contributed by atoms with Crippen LogP contribution >= 0.6 is 0 Å². The van der Waals surface area contributed by atoms with Crippen LogP contribution in [-0.4, -0.2) is 17.6 Å². The van der Waals surface area contributed by atoms with E-state index in [-0.39, 0.29) is 6.61 Å². The van der Waals surface area contributed by atoms with Gasteiger partial charge in [0.1, 0.15) is 12.3 Å². The van der Waals surface area contributed by atoms with Crippen molar-refractivity contribution in [2.45, 2.75) is 26.9 Å². The van der Waals surface area contributed by atoms with Gasteiger partial charge in [-0.25, -0.2) is 9.78 Å². The number of carbonyl (C=O) groups is 1. The molecule has 0 atom stereocenters. The van der Waals surface area contributed by atoms with E-state index in [0.29, 0.717) is 13.0 Å². The van der Waals surface area contributed by atoms with Crippen LogP contribution in [0.5, 0.6) is 0 Å². The van der Waals surface area contributed by atoms with Gasteiger partial charge in [-0.3, -0.25) is 0 Å². The van der Waals surface area contributed by atoms with Crippen LogP contribution in [0.2, 0.25) is 0 Å². The molecule has 0 unspecified atom stereocenters. The first-order chi connectivity index (χ1) is 11.1. The van der Waals surface area contributed by atoms with Crippen LogP contribution in [0.3, 0.4) is 0 Å². The molecule has 0 bridgehead atoms. The summed E-state index contributed by atoms with van der Waals surface area (Å²) in [7, 11) is 0. The molecule has 0 saturated heterocycles.